The number of fused-ring (bicyclic) bond motifs is 1. The van der Waals surface area contributed by atoms with Gasteiger partial charge in [0.1, 0.15) is 17.6 Å². The first-order valence-corrected chi connectivity index (χ1v) is 9.39. The number of Topliss-reactive ketones (excluding diaryl/α,β-unsaturated/α-hetero) is 1. The van der Waals surface area contributed by atoms with Gasteiger partial charge in [0.2, 0.25) is 0 Å². The number of para-hydroxylation sites is 1. The Labute approximate surface area is 168 Å². The van der Waals surface area contributed by atoms with Gasteiger partial charge in [0.05, 0.1) is 28.4 Å². The Bertz CT molecular complexity index is 1230. The molecule has 146 valence electrons. The zero-order valence-corrected chi connectivity index (χ0v) is 16.0. The van der Waals surface area contributed by atoms with Crippen LogP contribution in [0.3, 0.4) is 0 Å². The molecule has 3 rings (SSSR count). The molecule has 1 N–H and O–H groups in total. The monoisotopic (exact) mass is 412 g/mol. The minimum atomic E-state index is -1.20. The number of aromatic nitrogens is 2. The summed E-state index contributed by atoms with van der Waals surface area (Å²) >= 11 is 0.847. The van der Waals surface area contributed by atoms with Gasteiger partial charge in [-0.2, -0.15) is 5.26 Å². The van der Waals surface area contributed by atoms with E-state index in [1.54, 1.807) is 24.3 Å². The van der Waals surface area contributed by atoms with Crippen molar-refractivity contribution in [1.82, 2.24) is 9.55 Å². The molecule has 6 nitrogen and oxygen atoms in total. The SMILES string of the molecule is CC(=N)C(C#N)C(=O)CSc1nc2ccccc2c(=O)n1-c1ccc(F)cc1F. The van der Waals surface area contributed by atoms with E-state index in [-0.39, 0.29) is 27.7 Å². The number of nitriles is 1. The summed E-state index contributed by atoms with van der Waals surface area (Å²) in [6.07, 6.45) is 0. The Morgan fingerprint density at radius 2 is 2.03 bits per heavy atom. The highest BCUT2D eigenvalue weighted by atomic mass is 32.2. The van der Waals surface area contributed by atoms with E-state index in [0.717, 1.165) is 28.5 Å². The third-order valence-electron chi connectivity index (χ3n) is 4.12. The number of benzene rings is 2. The van der Waals surface area contributed by atoms with Crippen molar-refractivity contribution in [2.75, 3.05) is 5.75 Å². The average Bonchev–Trinajstić information content (AvgIpc) is 2.68. The zero-order chi connectivity index (χ0) is 21.1. The standard InChI is InChI=1S/C20H14F2N4O2S/c1-11(24)14(9-23)18(27)10-29-20-25-16-5-3-2-4-13(16)19(28)26(20)17-7-6-12(21)8-15(17)22/h2-8,14,24H,10H2,1H3. The van der Waals surface area contributed by atoms with Crippen molar-refractivity contribution in [1.29, 1.82) is 10.7 Å². The molecular formula is C20H14F2N4O2S. The second-order valence-corrected chi connectivity index (χ2v) is 7.09. The summed E-state index contributed by atoms with van der Waals surface area (Å²) in [7, 11) is 0. The summed E-state index contributed by atoms with van der Waals surface area (Å²) < 4.78 is 28.7. The molecule has 1 unspecified atom stereocenters. The average molecular weight is 412 g/mol. The Kier molecular flexibility index (Phi) is 5.84. The second-order valence-electron chi connectivity index (χ2n) is 6.15. The minimum Gasteiger partial charge on any atom is -0.308 e. The van der Waals surface area contributed by atoms with Gasteiger partial charge in [0, 0.05) is 11.8 Å². The number of ketones is 1. The van der Waals surface area contributed by atoms with E-state index in [0.29, 0.717) is 11.6 Å². The van der Waals surface area contributed by atoms with Gasteiger partial charge in [0.25, 0.3) is 5.56 Å². The van der Waals surface area contributed by atoms with Crippen LogP contribution in [0.5, 0.6) is 0 Å². The third kappa shape index (κ3) is 4.07. The number of hydrogen-bond donors (Lipinski definition) is 1. The van der Waals surface area contributed by atoms with Crippen LogP contribution in [0.25, 0.3) is 16.6 Å². The molecule has 0 saturated heterocycles. The summed E-state index contributed by atoms with van der Waals surface area (Å²) in [6.45, 7) is 1.36. The zero-order valence-electron chi connectivity index (χ0n) is 15.1. The topological polar surface area (TPSA) is 99.6 Å². The molecule has 1 aromatic heterocycles. The summed E-state index contributed by atoms with van der Waals surface area (Å²) in [5.74, 6) is -3.73. The highest BCUT2D eigenvalue weighted by molar-refractivity contribution is 7.99. The third-order valence-corrected chi connectivity index (χ3v) is 5.08. The normalized spacial score (nSPS) is 11.8. The van der Waals surface area contributed by atoms with E-state index in [1.165, 1.54) is 13.0 Å². The van der Waals surface area contributed by atoms with Crippen LogP contribution in [-0.4, -0.2) is 26.8 Å². The van der Waals surface area contributed by atoms with Crippen LogP contribution >= 0.6 is 11.8 Å². The van der Waals surface area contributed by atoms with Gasteiger partial charge < -0.3 is 5.41 Å². The van der Waals surface area contributed by atoms with E-state index in [1.807, 2.05) is 0 Å². The number of hydrogen-bond acceptors (Lipinski definition) is 6. The van der Waals surface area contributed by atoms with Crippen molar-refractivity contribution in [2.24, 2.45) is 5.92 Å². The van der Waals surface area contributed by atoms with Gasteiger partial charge in [-0.1, -0.05) is 23.9 Å². The van der Waals surface area contributed by atoms with E-state index in [4.69, 9.17) is 10.7 Å². The van der Waals surface area contributed by atoms with Crippen LogP contribution in [0.4, 0.5) is 8.78 Å². The Balaban J connectivity index is 2.13. The van der Waals surface area contributed by atoms with Gasteiger partial charge in [-0.3, -0.25) is 14.2 Å². The first-order chi connectivity index (χ1) is 13.8. The molecule has 9 heteroatoms. The van der Waals surface area contributed by atoms with Crippen LogP contribution in [0.2, 0.25) is 0 Å². The smallest absolute Gasteiger partial charge is 0.266 e. The number of rotatable bonds is 6. The number of thioether (sulfide) groups is 1. The Hall–Kier alpha value is -3.38. The fourth-order valence-electron chi connectivity index (χ4n) is 2.71. The lowest BCUT2D eigenvalue weighted by atomic mass is 10.0. The molecule has 0 aliphatic rings. The number of nitrogens with zero attached hydrogens (tertiary/aromatic N) is 3. The number of nitrogens with one attached hydrogen (secondary N) is 1. The van der Waals surface area contributed by atoms with Crippen LogP contribution in [0, 0.1) is 34.3 Å². The van der Waals surface area contributed by atoms with Crippen LogP contribution in [-0.2, 0) is 4.79 Å². The molecule has 1 heterocycles. The molecule has 3 aromatic rings. The minimum absolute atomic E-state index is 0.0203. The molecule has 0 radical (unpaired) electrons. The summed E-state index contributed by atoms with van der Waals surface area (Å²) in [5.41, 5.74) is -0.515. The lowest BCUT2D eigenvalue weighted by Crippen LogP contribution is -2.25. The van der Waals surface area contributed by atoms with Gasteiger partial charge >= 0.3 is 0 Å². The number of halogens is 2. The molecule has 0 aliphatic heterocycles. The van der Waals surface area contributed by atoms with E-state index < -0.39 is 28.9 Å². The van der Waals surface area contributed by atoms with Crippen LogP contribution < -0.4 is 5.56 Å². The maximum Gasteiger partial charge on any atom is 0.266 e. The summed E-state index contributed by atoms with van der Waals surface area (Å²) in [6, 6.07) is 11.0. The molecule has 0 bridgehead atoms. The maximum absolute atomic E-state index is 14.4. The predicted octanol–water partition coefficient (Wildman–Crippen LogP) is 3.50. The first kappa shape index (κ1) is 20.4. The highest BCUT2D eigenvalue weighted by Crippen LogP contribution is 2.24. The quantitative estimate of drug-likeness (QED) is 0.379. The fourth-order valence-corrected chi connectivity index (χ4v) is 3.62. The summed E-state index contributed by atoms with van der Waals surface area (Å²) in [4.78, 5) is 29.6. The molecule has 0 amide bonds. The molecule has 0 saturated carbocycles. The van der Waals surface area contributed by atoms with Gasteiger partial charge in [-0.25, -0.2) is 13.8 Å². The lowest BCUT2D eigenvalue weighted by Gasteiger charge is -2.14. The van der Waals surface area contributed by atoms with Gasteiger partial charge in [-0.15, -0.1) is 0 Å². The molecule has 0 spiro atoms. The fraction of sp³-hybridized carbons (Fsp3) is 0.150. The van der Waals surface area contributed by atoms with E-state index in [2.05, 4.69) is 4.98 Å². The van der Waals surface area contributed by atoms with Crippen molar-refractivity contribution >= 4 is 34.2 Å². The van der Waals surface area contributed by atoms with Gasteiger partial charge in [0.15, 0.2) is 10.9 Å². The van der Waals surface area contributed by atoms with E-state index in [9.17, 15) is 18.4 Å². The molecule has 1 atom stereocenters. The first-order valence-electron chi connectivity index (χ1n) is 8.41. The van der Waals surface area contributed by atoms with Crippen molar-refractivity contribution in [2.45, 2.75) is 12.1 Å². The predicted molar refractivity (Wildman–Crippen MR) is 105 cm³/mol. The molecule has 2 aromatic carbocycles. The molecule has 29 heavy (non-hydrogen) atoms. The number of carbonyl (C=O) groups is 1. The van der Waals surface area contributed by atoms with Crippen LogP contribution in [0.1, 0.15) is 6.92 Å². The highest BCUT2D eigenvalue weighted by Gasteiger charge is 2.22. The molecular weight excluding hydrogens is 398 g/mol. The Morgan fingerprint density at radius 3 is 2.69 bits per heavy atom. The lowest BCUT2D eigenvalue weighted by molar-refractivity contribution is -0.117. The maximum atomic E-state index is 14.4. The van der Waals surface area contributed by atoms with Crippen LogP contribution in [0.15, 0.2) is 52.4 Å². The molecule has 0 fully saturated rings. The second kappa shape index (κ2) is 8.32. The Morgan fingerprint density at radius 1 is 1.31 bits per heavy atom. The summed E-state index contributed by atoms with van der Waals surface area (Å²) in [5, 5.41) is 16.8. The number of carbonyl (C=O) groups excluding carboxylic acids is 1. The van der Waals surface area contributed by atoms with Gasteiger partial charge in [-0.05, 0) is 31.2 Å². The van der Waals surface area contributed by atoms with Crippen molar-refractivity contribution in [3.8, 4) is 11.8 Å². The van der Waals surface area contributed by atoms with Crippen molar-refractivity contribution in [3.63, 3.8) is 0 Å². The largest absolute Gasteiger partial charge is 0.308 e. The van der Waals surface area contributed by atoms with Crippen molar-refractivity contribution < 1.29 is 13.6 Å². The molecule has 0 aliphatic carbocycles. The van der Waals surface area contributed by atoms with E-state index >= 15 is 0 Å². The van der Waals surface area contributed by atoms with Crippen molar-refractivity contribution in [3.05, 3.63) is 64.5 Å².